The second-order valence-corrected chi connectivity index (χ2v) is 3.50. The largest absolute Gasteiger partial charge is 0.480 e. The Labute approximate surface area is 81.6 Å². The number of imidazole rings is 1. The Morgan fingerprint density at radius 1 is 1.29 bits per heavy atom. The number of carboxylic acid groups (broad SMARTS) is 1. The lowest BCUT2D eigenvalue weighted by Gasteiger charge is -2.07. The maximum atomic E-state index is 11.6. The van der Waals surface area contributed by atoms with Crippen LogP contribution >= 0.6 is 0 Å². The third-order valence-corrected chi connectivity index (χ3v) is 2.16. The number of nitrogens with zero attached hydrogens (tertiary/aromatic N) is 2. The number of aromatic nitrogens is 2. The van der Waals surface area contributed by atoms with Crippen molar-refractivity contribution in [3.63, 3.8) is 0 Å². The molecule has 0 aliphatic carbocycles. The average Bonchev–Trinajstić information content (AvgIpc) is 2.45. The first kappa shape index (κ1) is 10.6. The van der Waals surface area contributed by atoms with E-state index in [9.17, 15) is 9.59 Å². The lowest BCUT2D eigenvalue weighted by Crippen LogP contribution is -2.30. The Morgan fingerprint density at radius 2 is 1.79 bits per heavy atom. The zero-order valence-corrected chi connectivity index (χ0v) is 8.47. The normalized spacial score (nSPS) is 13.1. The molecule has 0 radical (unpaired) electrons. The van der Waals surface area contributed by atoms with Gasteiger partial charge in [0.25, 0.3) is 0 Å². The first-order valence-electron chi connectivity index (χ1n) is 4.47. The summed E-state index contributed by atoms with van der Waals surface area (Å²) in [6, 6.07) is -0.771. The molecule has 14 heavy (non-hydrogen) atoms. The van der Waals surface area contributed by atoms with E-state index in [0.29, 0.717) is 0 Å². The molecule has 78 valence electrons. The molecule has 1 aromatic rings. The Bertz CT molecular complexity index is 389. The molecule has 5 nitrogen and oxygen atoms in total. The van der Waals surface area contributed by atoms with Crippen LogP contribution in [0.2, 0.25) is 0 Å². The molecule has 0 saturated carbocycles. The Kier molecular flexibility index (Phi) is 2.78. The fraction of sp³-hybridized carbons (Fsp3) is 0.556. The summed E-state index contributed by atoms with van der Waals surface area (Å²) in [6.07, 6.45) is 3.10. The minimum absolute atomic E-state index is 0.0461. The number of carboxylic acids is 1. The Morgan fingerprint density at radius 3 is 2.14 bits per heavy atom. The molecule has 0 aliphatic heterocycles. The molecule has 0 aliphatic rings. The van der Waals surface area contributed by atoms with Gasteiger partial charge in [0.2, 0.25) is 0 Å². The number of rotatable bonds is 3. The van der Waals surface area contributed by atoms with E-state index >= 15 is 0 Å². The topological polar surface area (TPSA) is 64.2 Å². The van der Waals surface area contributed by atoms with E-state index in [1.807, 2.05) is 13.8 Å². The van der Waals surface area contributed by atoms with Crippen molar-refractivity contribution in [3.05, 3.63) is 22.9 Å². The van der Waals surface area contributed by atoms with Gasteiger partial charge in [-0.25, -0.2) is 9.59 Å². The highest BCUT2D eigenvalue weighted by Gasteiger charge is 2.16. The molecule has 0 bridgehead atoms. The second-order valence-electron chi connectivity index (χ2n) is 3.50. The highest BCUT2D eigenvalue weighted by molar-refractivity contribution is 5.71. The predicted molar refractivity (Wildman–Crippen MR) is 51.4 cm³/mol. The zero-order chi connectivity index (χ0) is 10.9. The van der Waals surface area contributed by atoms with Crippen molar-refractivity contribution in [1.29, 1.82) is 0 Å². The molecule has 1 rings (SSSR count). The van der Waals surface area contributed by atoms with Crippen molar-refractivity contribution in [1.82, 2.24) is 9.13 Å². The van der Waals surface area contributed by atoms with Gasteiger partial charge in [-0.1, -0.05) is 0 Å². The number of hydrogen-bond acceptors (Lipinski definition) is 2. The molecule has 0 spiro atoms. The summed E-state index contributed by atoms with van der Waals surface area (Å²) in [6.45, 7) is 5.22. The average molecular weight is 198 g/mol. The Hall–Kier alpha value is -1.52. The SMILES string of the molecule is CC(C)n1ccn(C(C)C(=O)O)c1=O. The molecule has 1 aromatic heterocycles. The third-order valence-electron chi connectivity index (χ3n) is 2.16. The van der Waals surface area contributed by atoms with Gasteiger partial charge < -0.3 is 5.11 Å². The maximum absolute atomic E-state index is 11.6. The van der Waals surface area contributed by atoms with Crippen LogP contribution in [-0.4, -0.2) is 20.2 Å². The Balaban J connectivity index is 3.14. The van der Waals surface area contributed by atoms with Crippen LogP contribution in [0.15, 0.2) is 17.2 Å². The number of carbonyl (C=O) groups is 1. The van der Waals surface area contributed by atoms with Gasteiger partial charge in [0, 0.05) is 18.4 Å². The third kappa shape index (κ3) is 1.71. The van der Waals surface area contributed by atoms with Gasteiger partial charge in [-0.2, -0.15) is 0 Å². The van der Waals surface area contributed by atoms with E-state index in [-0.39, 0.29) is 11.7 Å². The molecule has 1 N–H and O–H groups in total. The van der Waals surface area contributed by atoms with Crippen molar-refractivity contribution in [2.24, 2.45) is 0 Å². The molecule has 5 heteroatoms. The van der Waals surface area contributed by atoms with Gasteiger partial charge in [0.05, 0.1) is 0 Å². The van der Waals surface area contributed by atoms with Crippen LogP contribution in [-0.2, 0) is 4.79 Å². The summed E-state index contributed by atoms with van der Waals surface area (Å²) in [5.41, 5.74) is -0.282. The summed E-state index contributed by atoms with van der Waals surface area (Å²) in [4.78, 5) is 22.3. The van der Waals surface area contributed by atoms with Gasteiger partial charge in [0.15, 0.2) is 0 Å². The molecular weight excluding hydrogens is 184 g/mol. The van der Waals surface area contributed by atoms with Crippen LogP contribution in [0.5, 0.6) is 0 Å². The molecular formula is C9H14N2O3. The fourth-order valence-electron chi connectivity index (χ4n) is 1.21. The quantitative estimate of drug-likeness (QED) is 0.784. The van der Waals surface area contributed by atoms with Gasteiger partial charge in [0.1, 0.15) is 6.04 Å². The summed E-state index contributed by atoms with van der Waals surface area (Å²) < 4.78 is 2.71. The van der Waals surface area contributed by atoms with E-state index < -0.39 is 12.0 Å². The summed E-state index contributed by atoms with van der Waals surface area (Å²) >= 11 is 0. The van der Waals surface area contributed by atoms with E-state index in [2.05, 4.69) is 0 Å². The van der Waals surface area contributed by atoms with Gasteiger partial charge >= 0.3 is 11.7 Å². The molecule has 0 amide bonds. The predicted octanol–water partition coefficient (Wildman–Crippen LogP) is 0.876. The number of aliphatic carboxylic acids is 1. The maximum Gasteiger partial charge on any atom is 0.329 e. The molecule has 0 aromatic carbocycles. The molecule has 1 unspecified atom stereocenters. The van der Waals surface area contributed by atoms with E-state index in [1.165, 1.54) is 22.3 Å². The molecule has 0 fully saturated rings. The van der Waals surface area contributed by atoms with E-state index in [0.717, 1.165) is 0 Å². The molecule has 1 heterocycles. The lowest BCUT2D eigenvalue weighted by atomic mass is 10.3. The van der Waals surface area contributed by atoms with Crippen LogP contribution in [0.25, 0.3) is 0 Å². The smallest absolute Gasteiger partial charge is 0.329 e. The minimum atomic E-state index is -1.01. The van der Waals surface area contributed by atoms with Crippen LogP contribution in [0.1, 0.15) is 32.9 Å². The lowest BCUT2D eigenvalue weighted by molar-refractivity contribution is -0.140. The molecule has 1 atom stereocenters. The van der Waals surface area contributed by atoms with Crippen LogP contribution in [0, 0.1) is 0 Å². The fourth-order valence-corrected chi connectivity index (χ4v) is 1.21. The summed E-state index contributed by atoms with van der Waals surface area (Å²) in [7, 11) is 0. The minimum Gasteiger partial charge on any atom is -0.480 e. The highest BCUT2D eigenvalue weighted by atomic mass is 16.4. The van der Waals surface area contributed by atoms with Crippen LogP contribution in [0.3, 0.4) is 0 Å². The number of hydrogen-bond donors (Lipinski definition) is 1. The highest BCUT2D eigenvalue weighted by Crippen LogP contribution is 2.05. The first-order chi connectivity index (χ1) is 6.45. The zero-order valence-electron chi connectivity index (χ0n) is 8.47. The van der Waals surface area contributed by atoms with Crippen LogP contribution < -0.4 is 5.69 Å². The standard InChI is InChI=1S/C9H14N2O3/c1-6(2)10-4-5-11(9(10)14)7(3)8(12)13/h4-7H,1-3H3,(H,12,13). The van der Waals surface area contributed by atoms with Crippen molar-refractivity contribution in [3.8, 4) is 0 Å². The molecule has 0 saturated heterocycles. The van der Waals surface area contributed by atoms with Crippen molar-refractivity contribution in [2.75, 3.05) is 0 Å². The van der Waals surface area contributed by atoms with Gasteiger partial charge in [-0.15, -0.1) is 0 Å². The summed E-state index contributed by atoms with van der Waals surface area (Å²) in [5.74, 6) is -1.01. The monoisotopic (exact) mass is 198 g/mol. The van der Waals surface area contributed by atoms with Crippen molar-refractivity contribution < 1.29 is 9.90 Å². The van der Waals surface area contributed by atoms with Gasteiger partial charge in [-0.05, 0) is 20.8 Å². The van der Waals surface area contributed by atoms with Gasteiger partial charge in [-0.3, -0.25) is 9.13 Å². The second kappa shape index (κ2) is 3.69. The van der Waals surface area contributed by atoms with E-state index in [4.69, 9.17) is 5.11 Å². The van der Waals surface area contributed by atoms with Crippen molar-refractivity contribution >= 4 is 5.97 Å². The van der Waals surface area contributed by atoms with Crippen LogP contribution in [0.4, 0.5) is 0 Å². The van der Waals surface area contributed by atoms with Crippen molar-refractivity contribution in [2.45, 2.75) is 32.9 Å². The summed E-state index contributed by atoms with van der Waals surface area (Å²) in [5, 5.41) is 8.74. The first-order valence-corrected chi connectivity index (χ1v) is 4.47. The van der Waals surface area contributed by atoms with E-state index in [1.54, 1.807) is 6.20 Å².